The van der Waals surface area contributed by atoms with Crippen molar-refractivity contribution in [2.75, 3.05) is 12.0 Å². The molecule has 0 aliphatic carbocycles. The third-order valence-electron chi connectivity index (χ3n) is 3.23. The Labute approximate surface area is 130 Å². The van der Waals surface area contributed by atoms with Crippen LogP contribution in [0.3, 0.4) is 0 Å². The standard InChI is InChI=1S/C16H23NO3S/c1-12-6-8-13(9-7-12)4-3-5-15(18)17-14(16(19)20)10-11-21-2/h6-9,14H,3-5,10-11H2,1-2H3,(H,17,18)(H,19,20). The highest BCUT2D eigenvalue weighted by Crippen LogP contribution is 2.08. The van der Waals surface area contributed by atoms with E-state index in [9.17, 15) is 9.59 Å². The third-order valence-corrected chi connectivity index (χ3v) is 3.88. The lowest BCUT2D eigenvalue weighted by Crippen LogP contribution is -2.41. The molecule has 21 heavy (non-hydrogen) atoms. The predicted molar refractivity (Wildman–Crippen MR) is 86.7 cm³/mol. The summed E-state index contributed by atoms with van der Waals surface area (Å²) in [6.07, 6.45) is 4.29. The molecule has 0 saturated carbocycles. The molecule has 1 rings (SSSR count). The molecule has 0 fully saturated rings. The number of nitrogens with one attached hydrogen (secondary N) is 1. The van der Waals surface area contributed by atoms with Crippen molar-refractivity contribution >= 4 is 23.6 Å². The van der Waals surface area contributed by atoms with Crippen LogP contribution in [0.2, 0.25) is 0 Å². The zero-order chi connectivity index (χ0) is 15.7. The number of hydrogen-bond donors (Lipinski definition) is 2. The first kappa shape index (κ1) is 17.6. The summed E-state index contributed by atoms with van der Waals surface area (Å²) in [4.78, 5) is 22.8. The zero-order valence-corrected chi connectivity index (χ0v) is 13.4. The monoisotopic (exact) mass is 309 g/mol. The quantitative estimate of drug-likeness (QED) is 0.736. The van der Waals surface area contributed by atoms with Crippen LogP contribution in [-0.4, -0.2) is 35.0 Å². The van der Waals surface area contributed by atoms with Crippen molar-refractivity contribution in [3.05, 3.63) is 35.4 Å². The lowest BCUT2D eigenvalue weighted by Gasteiger charge is -2.13. The molecule has 0 aliphatic rings. The summed E-state index contributed by atoms with van der Waals surface area (Å²) >= 11 is 1.58. The fraction of sp³-hybridized carbons (Fsp3) is 0.500. The van der Waals surface area contributed by atoms with E-state index in [1.165, 1.54) is 11.1 Å². The van der Waals surface area contributed by atoms with Gasteiger partial charge in [0, 0.05) is 6.42 Å². The van der Waals surface area contributed by atoms with E-state index in [0.717, 1.165) is 18.6 Å². The van der Waals surface area contributed by atoms with Crippen molar-refractivity contribution in [1.29, 1.82) is 0 Å². The van der Waals surface area contributed by atoms with Crippen molar-refractivity contribution in [3.8, 4) is 0 Å². The van der Waals surface area contributed by atoms with Gasteiger partial charge in [0.15, 0.2) is 0 Å². The third kappa shape index (κ3) is 7.18. The van der Waals surface area contributed by atoms with E-state index < -0.39 is 12.0 Å². The van der Waals surface area contributed by atoms with Gasteiger partial charge in [0.05, 0.1) is 0 Å². The van der Waals surface area contributed by atoms with Crippen LogP contribution in [0.1, 0.15) is 30.4 Å². The molecule has 5 heteroatoms. The molecule has 1 amide bonds. The molecule has 0 aliphatic heterocycles. The summed E-state index contributed by atoms with van der Waals surface area (Å²) in [5.41, 5.74) is 2.42. The maximum Gasteiger partial charge on any atom is 0.326 e. The van der Waals surface area contributed by atoms with E-state index in [2.05, 4.69) is 29.6 Å². The number of rotatable bonds is 9. The smallest absolute Gasteiger partial charge is 0.326 e. The molecular weight excluding hydrogens is 286 g/mol. The number of benzene rings is 1. The average molecular weight is 309 g/mol. The highest BCUT2D eigenvalue weighted by atomic mass is 32.2. The van der Waals surface area contributed by atoms with Crippen LogP contribution in [0.4, 0.5) is 0 Å². The number of amides is 1. The molecular formula is C16H23NO3S. The number of hydrogen-bond acceptors (Lipinski definition) is 3. The predicted octanol–water partition coefficient (Wildman–Crippen LogP) is 2.64. The Hall–Kier alpha value is -1.49. The Bertz CT molecular complexity index is 459. The number of thioether (sulfide) groups is 1. The van der Waals surface area contributed by atoms with Gasteiger partial charge < -0.3 is 10.4 Å². The molecule has 0 bridgehead atoms. The molecule has 0 aromatic heterocycles. The number of carboxylic acids is 1. The average Bonchev–Trinajstić information content (AvgIpc) is 2.45. The van der Waals surface area contributed by atoms with E-state index >= 15 is 0 Å². The number of carbonyl (C=O) groups excluding carboxylic acids is 1. The van der Waals surface area contributed by atoms with Gasteiger partial charge in [0.1, 0.15) is 6.04 Å². The molecule has 0 radical (unpaired) electrons. The second-order valence-electron chi connectivity index (χ2n) is 5.08. The van der Waals surface area contributed by atoms with Crippen LogP contribution in [0.15, 0.2) is 24.3 Å². The fourth-order valence-electron chi connectivity index (χ4n) is 1.97. The van der Waals surface area contributed by atoms with Gasteiger partial charge in [-0.05, 0) is 43.8 Å². The normalized spacial score (nSPS) is 11.9. The molecule has 1 aromatic rings. The highest BCUT2D eigenvalue weighted by molar-refractivity contribution is 7.98. The summed E-state index contributed by atoms with van der Waals surface area (Å²) in [5, 5.41) is 11.6. The second kappa shape index (κ2) is 9.45. The summed E-state index contributed by atoms with van der Waals surface area (Å²) in [6.45, 7) is 2.04. The number of aliphatic carboxylic acids is 1. The topological polar surface area (TPSA) is 66.4 Å². The number of aryl methyl sites for hydroxylation is 2. The highest BCUT2D eigenvalue weighted by Gasteiger charge is 2.18. The van der Waals surface area contributed by atoms with E-state index in [0.29, 0.717) is 12.8 Å². The van der Waals surface area contributed by atoms with Crippen LogP contribution >= 0.6 is 11.8 Å². The second-order valence-corrected chi connectivity index (χ2v) is 6.06. The van der Waals surface area contributed by atoms with Gasteiger partial charge in [-0.25, -0.2) is 4.79 Å². The molecule has 0 saturated heterocycles. The molecule has 4 nitrogen and oxygen atoms in total. The fourth-order valence-corrected chi connectivity index (χ4v) is 2.44. The number of carboxylic acid groups (broad SMARTS) is 1. The van der Waals surface area contributed by atoms with Crippen LogP contribution in [0, 0.1) is 6.92 Å². The lowest BCUT2D eigenvalue weighted by atomic mass is 10.1. The molecule has 0 spiro atoms. The van der Waals surface area contributed by atoms with Crippen molar-refractivity contribution < 1.29 is 14.7 Å². The summed E-state index contributed by atoms with van der Waals surface area (Å²) in [7, 11) is 0. The largest absolute Gasteiger partial charge is 0.480 e. The van der Waals surface area contributed by atoms with Crippen molar-refractivity contribution in [2.45, 2.75) is 38.6 Å². The van der Waals surface area contributed by atoms with Gasteiger partial charge in [-0.3, -0.25) is 4.79 Å². The Balaban J connectivity index is 2.32. The van der Waals surface area contributed by atoms with Gasteiger partial charge in [-0.2, -0.15) is 11.8 Å². The molecule has 1 unspecified atom stereocenters. The summed E-state index contributed by atoms with van der Waals surface area (Å²) < 4.78 is 0. The lowest BCUT2D eigenvalue weighted by molar-refractivity contribution is -0.141. The van der Waals surface area contributed by atoms with E-state index in [1.807, 2.05) is 13.2 Å². The molecule has 0 heterocycles. The first-order chi connectivity index (χ1) is 10.0. The molecule has 1 aromatic carbocycles. The minimum Gasteiger partial charge on any atom is -0.480 e. The van der Waals surface area contributed by atoms with E-state index in [1.54, 1.807) is 11.8 Å². The zero-order valence-electron chi connectivity index (χ0n) is 12.6. The van der Waals surface area contributed by atoms with E-state index in [4.69, 9.17) is 5.11 Å². The number of carbonyl (C=O) groups is 2. The minimum atomic E-state index is -0.962. The SMILES string of the molecule is CSCCC(NC(=O)CCCc1ccc(C)cc1)C(=O)O. The molecule has 116 valence electrons. The van der Waals surface area contributed by atoms with Crippen LogP contribution in [0.5, 0.6) is 0 Å². The van der Waals surface area contributed by atoms with Gasteiger partial charge in [0.25, 0.3) is 0 Å². The maximum atomic E-state index is 11.8. The van der Waals surface area contributed by atoms with Crippen molar-refractivity contribution in [2.24, 2.45) is 0 Å². The summed E-state index contributed by atoms with van der Waals surface area (Å²) in [6, 6.07) is 7.46. The van der Waals surface area contributed by atoms with Gasteiger partial charge >= 0.3 is 5.97 Å². The first-order valence-corrected chi connectivity index (χ1v) is 8.49. The van der Waals surface area contributed by atoms with E-state index in [-0.39, 0.29) is 5.91 Å². The Morgan fingerprint density at radius 2 is 1.95 bits per heavy atom. The van der Waals surface area contributed by atoms with Gasteiger partial charge in [-0.1, -0.05) is 29.8 Å². The van der Waals surface area contributed by atoms with Crippen LogP contribution in [-0.2, 0) is 16.0 Å². The molecule has 1 atom stereocenters. The Kier molecular flexibility index (Phi) is 7.90. The summed E-state index contributed by atoms with van der Waals surface area (Å²) in [5.74, 6) is -0.424. The maximum absolute atomic E-state index is 11.8. The molecule has 2 N–H and O–H groups in total. The van der Waals surface area contributed by atoms with Gasteiger partial charge in [0.2, 0.25) is 5.91 Å². The Morgan fingerprint density at radius 1 is 1.29 bits per heavy atom. The van der Waals surface area contributed by atoms with Crippen LogP contribution < -0.4 is 5.32 Å². The Morgan fingerprint density at radius 3 is 2.52 bits per heavy atom. The van der Waals surface area contributed by atoms with Crippen molar-refractivity contribution in [1.82, 2.24) is 5.32 Å². The minimum absolute atomic E-state index is 0.185. The van der Waals surface area contributed by atoms with Crippen LogP contribution in [0.25, 0.3) is 0 Å². The van der Waals surface area contributed by atoms with Crippen molar-refractivity contribution in [3.63, 3.8) is 0 Å². The van der Waals surface area contributed by atoms with Gasteiger partial charge in [-0.15, -0.1) is 0 Å². The first-order valence-electron chi connectivity index (χ1n) is 7.09.